The standard InChI is InChI=1S/C25H27N3O5/c1-2-28-21-7-6-19(13-23(21)33-25(28)30)26-24(29)15-27-9-11-31-16-17(14-27)12-18-4-3-5-22-20(18)8-10-32-22/h3-8,10,13,17H,2,9,11-12,14-16H2,1H3,(H,26,29)/t17-/m1/s1. The van der Waals surface area contributed by atoms with Crippen LogP contribution in [0.25, 0.3) is 22.1 Å². The van der Waals surface area contributed by atoms with Crippen LogP contribution in [0.15, 0.2) is 62.4 Å². The zero-order valence-electron chi connectivity index (χ0n) is 18.6. The van der Waals surface area contributed by atoms with Gasteiger partial charge in [-0.1, -0.05) is 12.1 Å². The molecular formula is C25H27N3O5. The molecular weight excluding hydrogens is 422 g/mol. The van der Waals surface area contributed by atoms with E-state index in [1.165, 1.54) is 5.56 Å². The average Bonchev–Trinajstić information content (AvgIpc) is 3.33. The molecule has 1 atom stereocenters. The number of rotatable bonds is 6. The Labute approximate surface area is 190 Å². The van der Waals surface area contributed by atoms with Gasteiger partial charge in [-0.3, -0.25) is 14.3 Å². The van der Waals surface area contributed by atoms with Crippen molar-refractivity contribution >= 4 is 33.7 Å². The third-order valence-electron chi connectivity index (χ3n) is 6.15. The third kappa shape index (κ3) is 4.58. The van der Waals surface area contributed by atoms with E-state index in [4.69, 9.17) is 13.6 Å². The first kappa shape index (κ1) is 21.5. The minimum Gasteiger partial charge on any atom is -0.464 e. The molecule has 0 bridgehead atoms. The predicted molar refractivity (Wildman–Crippen MR) is 125 cm³/mol. The summed E-state index contributed by atoms with van der Waals surface area (Å²) >= 11 is 0. The number of carbonyl (C=O) groups excluding carboxylic acids is 1. The second-order valence-electron chi connectivity index (χ2n) is 8.47. The van der Waals surface area contributed by atoms with Crippen molar-refractivity contribution in [3.63, 3.8) is 0 Å². The van der Waals surface area contributed by atoms with Gasteiger partial charge in [0.05, 0.1) is 31.5 Å². The molecule has 1 fully saturated rings. The average molecular weight is 450 g/mol. The lowest BCUT2D eigenvalue weighted by Crippen LogP contribution is -2.37. The van der Waals surface area contributed by atoms with Crippen molar-refractivity contribution in [2.45, 2.75) is 19.9 Å². The van der Waals surface area contributed by atoms with Crippen molar-refractivity contribution in [2.24, 2.45) is 5.92 Å². The number of anilines is 1. The van der Waals surface area contributed by atoms with Crippen LogP contribution in [0.3, 0.4) is 0 Å². The van der Waals surface area contributed by atoms with Gasteiger partial charge in [-0.2, -0.15) is 0 Å². The predicted octanol–water partition coefficient (Wildman–Crippen LogP) is 3.49. The van der Waals surface area contributed by atoms with Gasteiger partial charge in [0.15, 0.2) is 5.58 Å². The Hall–Kier alpha value is -3.36. The Kier molecular flexibility index (Phi) is 6.02. The molecule has 0 radical (unpaired) electrons. The lowest BCUT2D eigenvalue weighted by atomic mass is 9.97. The number of aromatic nitrogens is 1. The second kappa shape index (κ2) is 9.25. The van der Waals surface area contributed by atoms with Gasteiger partial charge in [-0.15, -0.1) is 0 Å². The summed E-state index contributed by atoms with van der Waals surface area (Å²) < 4.78 is 18.2. The van der Waals surface area contributed by atoms with Crippen LogP contribution in [-0.4, -0.2) is 48.2 Å². The first-order chi connectivity index (χ1) is 16.1. The molecule has 1 aliphatic rings. The number of nitrogens with zero attached hydrogens (tertiary/aromatic N) is 2. The molecule has 172 valence electrons. The number of ether oxygens (including phenoxy) is 1. The minimum absolute atomic E-state index is 0.107. The van der Waals surface area contributed by atoms with E-state index in [0.717, 1.165) is 29.5 Å². The largest absolute Gasteiger partial charge is 0.464 e. The number of furan rings is 1. The number of oxazole rings is 1. The van der Waals surface area contributed by atoms with Crippen LogP contribution >= 0.6 is 0 Å². The summed E-state index contributed by atoms with van der Waals surface area (Å²) in [5.41, 5.74) is 3.92. The highest BCUT2D eigenvalue weighted by Gasteiger charge is 2.22. The molecule has 3 heterocycles. The number of aryl methyl sites for hydroxylation is 1. The van der Waals surface area contributed by atoms with Gasteiger partial charge < -0.3 is 18.9 Å². The van der Waals surface area contributed by atoms with Gasteiger partial charge in [0.25, 0.3) is 0 Å². The first-order valence-electron chi connectivity index (χ1n) is 11.3. The molecule has 8 heteroatoms. The van der Waals surface area contributed by atoms with Gasteiger partial charge in [0.1, 0.15) is 5.58 Å². The maximum Gasteiger partial charge on any atom is 0.419 e. The fourth-order valence-corrected chi connectivity index (χ4v) is 4.61. The number of hydrogen-bond donors (Lipinski definition) is 1. The number of carbonyl (C=O) groups is 1. The van der Waals surface area contributed by atoms with E-state index in [9.17, 15) is 9.59 Å². The van der Waals surface area contributed by atoms with E-state index in [0.29, 0.717) is 37.6 Å². The highest BCUT2D eigenvalue weighted by molar-refractivity contribution is 5.94. The van der Waals surface area contributed by atoms with Crippen molar-refractivity contribution in [1.82, 2.24) is 9.47 Å². The van der Waals surface area contributed by atoms with E-state index >= 15 is 0 Å². The highest BCUT2D eigenvalue weighted by Crippen LogP contribution is 2.24. The van der Waals surface area contributed by atoms with E-state index in [1.807, 2.05) is 25.1 Å². The molecule has 1 saturated heterocycles. The molecule has 5 rings (SSSR count). The summed E-state index contributed by atoms with van der Waals surface area (Å²) in [4.78, 5) is 26.8. The molecule has 33 heavy (non-hydrogen) atoms. The van der Waals surface area contributed by atoms with Crippen molar-refractivity contribution < 1.29 is 18.4 Å². The van der Waals surface area contributed by atoms with Crippen molar-refractivity contribution in [2.75, 3.05) is 38.2 Å². The van der Waals surface area contributed by atoms with Crippen molar-refractivity contribution in [3.05, 3.63) is 64.8 Å². The molecule has 1 aliphatic heterocycles. The maximum absolute atomic E-state index is 12.8. The van der Waals surface area contributed by atoms with Gasteiger partial charge >= 0.3 is 5.76 Å². The van der Waals surface area contributed by atoms with E-state index < -0.39 is 5.76 Å². The topological polar surface area (TPSA) is 89.9 Å². The number of amides is 1. The molecule has 2 aromatic carbocycles. The zero-order chi connectivity index (χ0) is 22.8. The summed E-state index contributed by atoms with van der Waals surface area (Å²) in [6.07, 6.45) is 2.58. The monoisotopic (exact) mass is 449 g/mol. The highest BCUT2D eigenvalue weighted by atomic mass is 16.5. The zero-order valence-corrected chi connectivity index (χ0v) is 18.6. The Morgan fingerprint density at radius 2 is 2.09 bits per heavy atom. The van der Waals surface area contributed by atoms with E-state index in [-0.39, 0.29) is 18.4 Å². The number of benzene rings is 2. The lowest BCUT2D eigenvalue weighted by Gasteiger charge is -2.23. The second-order valence-corrected chi connectivity index (χ2v) is 8.47. The molecule has 0 saturated carbocycles. The molecule has 8 nitrogen and oxygen atoms in total. The molecule has 0 aliphatic carbocycles. The molecule has 0 spiro atoms. The van der Waals surface area contributed by atoms with Gasteiger partial charge in [0.2, 0.25) is 5.91 Å². The quantitative estimate of drug-likeness (QED) is 0.485. The number of fused-ring (bicyclic) bond motifs is 2. The van der Waals surface area contributed by atoms with Crippen molar-refractivity contribution in [1.29, 1.82) is 0 Å². The minimum atomic E-state index is -0.391. The summed E-state index contributed by atoms with van der Waals surface area (Å²) in [7, 11) is 0. The Morgan fingerprint density at radius 1 is 1.18 bits per heavy atom. The van der Waals surface area contributed by atoms with E-state index in [2.05, 4.69) is 16.3 Å². The van der Waals surface area contributed by atoms with Crippen LogP contribution < -0.4 is 11.1 Å². The number of nitrogens with one attached hydrogen (secondary N) is 1. The Morgan fingerprint density at radius 3 is 2.97 bits per heavy atom. The van der Waals surface area contributed by atoms with Crippen LogP contribution in [-0.2, 0) is 22.5 Å². The molecule has 0 unspecified atom stereocenters. The van der Waals surface area contributed by atoms with Crippen LogP contribution in [0, 0.1) is 5.92 Å². The Balaban J connectivity index is 1.23. The van der Waals surface area contributed by atoms with Crippen molar-refractivity contribution in [3.8, 4) is 0 Å². The van der Waals surface area contributed by atoms with Crippen LogP contribution in [0.1, 0.15) is 12.5 Å². The lowest BCUT2D eigenvalue weighted by molar-refractivity contribution is -0.117. The van der Waals surface area contributed by atoms with Crippen LogP contribution in [0.2, 0.25) is 0 Å². The summed E-state index contributed by atoms with van der Waals surface area (Å²) in [6.45, 7) is 5.43. The third-order valence-corrected chi connectivity index (χ3v) is 6.15. The van der Waals surface area contributed by atoms with Gasteiger partial charge in [-0.25, -0.2) is 4.79 Å². The summed E-state index contributed by atoms with van der Waals surface area (Å²) in [6, 6.07) is 13.4. The fraction of sp³-hybridized carbons (Fsp3) is 0.360. The Bertz CT molecular complexity index is 1330. The van der Waals surface area contributed by atoms with Crippen LogP contribution in [0.4, 0.5) is 5.69 Å². The first-order valence-corrected chi connectivity index (χ1v) is 11.3. The molecule has 4 aromatic rings. The smallest absolute Gasteiger partial charge is 0.419 e. The molecule has 1 N–H and O–H groups in total. The molecule has 1 amide bonds. The molecule has 2 aromatic heterocycles. The summed E-state index contributed by atoms with van der Waals surface area (Å²) in [5, 5.41) is 4.06. The normalized spacial score (nSPS) is 17.4. The number of hydrogen-bond acceptors (Lipinski definition) is 6. The summed E-state index contributed by atoms with van der Waals surface area (Å²) in [5.74, 6) is -0.220. The van der Waals surface area contributed by atoms with Crippen LogP contribution in [0.5, 0.6) is 0 Å². The van der Waals surface area contributed by atoms with E-state index in [1.54, 1.807) is 29.0 Å². The fourth-order valence-electron chi connectivity index (χ4n) is 4.61. The van der Waals surface area contributed by atoms with Gasteiger partial charge in [0, 0.05) is 36.8 Å². The van der Waals surface area contributed by atoms with Gasteiger partial charge in [-0.05, 0) is 49.1 Å². The SMILES string of the molecule is CCn1c(=O)oc2cc(NC(=O)CN3CCOC[C@H](Cc4cccc5occc45)C3)ccc21. The maximum atomic E-state index is 12.8.